The summed E-state index contributed by atoms with van der Waals surface area (Å²) < 4.78 is 7.56. The van der Waals surface area contributed by atoms with Crippen molar-refractivity contribution < 1.29 is 4.74 Å². The number of halogens is 2. The zero-order valence-corrected chi connectivity index (χ0v) is 12.2. The summed E-state index contributed by atoms with van der Waals surface area (Å²) in [6.07, 6.45) is 3.43. The van der Waals surface area contributed by atoms with Crippen LogP contribution in [-0.4, -0.2) is 9.97 Å². The van der Waals surface area contributed by atoms with E-state index in [2.05, 4.69) is 48.5 Å². The van der Waals surface area contributed by atoms with Crippen LogP contribution in [0, 0.1) is 10.5 Å². The first-order valence-electron chi connectivity index (χ1n) is 4.57. The van der Waals surface area contributed by atoms with Gasteiger partial charge in [0, 0.05) is 20.4 Å². The van der Waals surface area contributed by atoms with Crippen molar-refractivity contribution in [3.63, 3.8) is 0 Å². The molecule has 1 aromatic carbocycles. The maximum Gasteiger partial charge on any atom is 0.321 e. The first-order chi connectivity index (χ1) is 7.65. The normalized spacial score (nSPS) is 10.2. The van der Waals surface area contributed by atoms with E-state index in [0.717, 1.165) is 19.4 Å². The summed E-state index contributed by atoms with van der Waals surface area (Å²) in [6.45, 7) is 2.01. The Morgan fingerprint density at radius 2 is 1.94 bits per heavy atom. The Kier molecular flexibility index (Phi) is 3.75. The van der Waals surface area contributed by atoms with Crippen LogP contribution in [0.4, 0.5) is 0 Å². The van der Waals surface area contributed by atoms with E-state index in [1.807, 2.05) is 25.1 Å². The van der Waals surface area contributed by atoms with Gasteiger partial charge in [0.2, 0.25) is 0 Å². The SMILES string of the molecule is Cc1cc(Oc2ncc(I)cn2)ccc1Br. The highest BCUT2D eigenvalue weighted by Crippen LogP contribution is 2.24. The Balaban J connectivity index is 2.20. The van der Waals surface area contributed by atoms with Crippen molar-refractivity contribution in [2.45, 2.75) is 6.92 Å². The van der Waals surface area contributed by atoms with E-state index in [0.29, 0.717) is 6.01 Å². The summed E-state index contributed by atoms with van der Waals surface area (Å²) >= 11 is 5.59. The second-order valence-corrected chi connectivity index (χ2v) is 5.30. The van der Waals surface area contributed by atoms with Crippen molar-refractivity contribution in [1.29, 1.82) is 0 Å². The molecule has 0 unspecified atom stereocenters. The quantitative estimate of drug-likeness (QED) is 0.728. The van der Waals surface area contributed by atoms with Crippen LogP contribution in [0.25, 0.3) is 0 Å². The number of ether oxygens (including phenoxy) is 1. The maximum absolute atomic E-state index is 5.52. The third kappa shape index (κ3) is 2.91. The summed E-state index contributed by atoms with van der Waals surface area (Å²) in [7, 11) is 0. The average molecular weight is 391 g/mol. The lowest BCUT2D eigenvalue weighted by molar-refractivity contribution is 0.441. The fourth-order valence-corrected chi connectivity index (χ4v) is 1.66. The van der Waals surface area contributed by atoms with Gasteiger partial charge in [-0.15, -0.1) is 0 Å². The van der Waals surface area contributed by atoms with Gasteiger partial charge in [-0.3, -0.25) is 0 Å². The minimum Gasteiger partial charge on any atom is -0.424 e. The predicted octanol–water partition coefficient (Wildman–Crippen LogP) is 3.94. The van der Waals surface area contributed by atoms with Gasteiger partial charge < -0.3 is 4.74 Å². The Hall–Kier alpha value is -0.690. The maximum atomic E-state index is 5.52. The molecule has 0 amide bonds. The van der Waals surface area contributed by atoms with E-state index < -0.39 is 0 Å². The molecular formula is C11H8BrIN2O. The molecule has 82 valence electrons. The highest BCUT2D eigenvalue weighted by atomic mass is 127. The van der Waals surface area contributed by atoms with Gasteiger partial charge in [-0.05, 0) is 53.3 Å². The van der Waals surface area contributed by atoms with E-state index in [1.165, 1.54) is 0 Å². The standard InChI is InChI=1S/C11H8BrIN2O/c1-7-4-9(2-3-10(7)12)16-11-14-5-8(13)6-15-11/h2-6H,1H3. The largest absolute Gasteiger partial charge is 0.424 e. The molecule has 0 bridgehead atoms. The third-order valence-electron chi connectivity index (χ3n) is 1.94. The summed E-state index contributed by atoms with van der Waals surface area (Å²) in [5.41, 5.74) is 1.11. The Morgan fingerprint density at radius 1 is 1.25 bits per heavy atom. The molecule has 0 aliphatic rings. The minimum atomic E-state index is 0.363. The fraction of sp³-hybridized carbons (Fsp3) is 0.0909. The number of rotatable bonds is 2. The lowest BCUT2D eigenvalue weighted by atomic mass is 10.2. The molecule has 2 aromatic rings. The van der Waals surface area contributed by atoms with Gasteiger partial charge in [-0.1, -0.05) is 15.9 Å². The van der Waals surface area contributed by atoms with Crippen LogP contribution >= 0.6 is 38.5 Å². The number of aryl methyl sites for hydroxylation is 1. The molecule has 16 heavy (non-hydrogen) atoms. The number of aromatic nitrogens is 2. The molecule has 1 aromatic heterocycles. The van der Waals surface area contributed by atoms with Crippen LogP contribution in [0.3, 0.4) is 0 Å². The topological polar surface area (TPSA) is 35.0 Å². The molecule has 0 saturated heterocycles. The summed E-state index contributed by atoms with van der Waals surface area (Å²) in [5.74, 6) is 0.738. The van der Waals surface area contributed by atoms with Gasteiger partial charge in [0.25, 0.3) is 0 Å². The van der Waals surface area contributed by atoms with Gasteiger partial charge in [-0.2, -0.15) is 0 Å². The van der Waals surface area contributed by atoms with Crippen molar-refractivity contribution in [2.75, 3.05) is 0 Å². The first-order valence-corrected chi connectivity index (χ1v) is 6.44. The summed E-state index contributed by atoms with van der Waals surface area (Å²) in [5, 5.41) is 0. The molecule has 0 spiro atoms. The second kappa shape index (κ2) is 5.09. The molecule has 1 heterocycles. The van der Waals surface area contributed by atoms with Crippen LogP contribution in [-0.2, 0) is 0 Å². The third-order valence-corrected chi connectivity index (χ3v) is 3.38. The minimum absolute atomic E-state index is 0.363. The molecule has 0 radical (unpaired) electrons. The van der Waals surface area contributed by atoms with Crippen molar-refractivity contribution in [1.82, 2.24) is 9.97 Å². The Bertz CT molecular complexity index is 502. The Labute approximate surface area is 116 Å². The van der Waals surface area contributed by atoms with Crippen molar-refractivity contribution in [3.05, 3.63) is 44.2 Å². The van der Waals surface area contributed by atoms with Gasteiger partial charge in [0.15, 0.2) is 0 Å². The molecule has 3 nitrogen and oxygen atoms in total. The molecule has 0 aliphatic heterocycles. The summed E-state index contributed by atoms with van der Waals surface area (Å²) in [6, 6.07) is 6.11. The molecule has 0 saturated carbocycles. The second-order valence-electron chi connectivity index (χ2n) is 3.20. The molecule has 2 rings (SSSR count). The number of hydrogen-bond acceptors (Lipinski definition) is 3. The number of nitrogens with zero attached hydrogens (tertiary/aromatic N) is 2. The molecule has 0 aliphatic carbocycles. The molecule has 0 atom stereocenters. The highest BCUT2D eigenvalue weighted by Gasteiger charge is 2.02. The molecular weight excluding hydrogens is 383 g/mol. The van der Waals surface area contributed by atoms with Crippen LogP contribution in [0.15, 0.2) is 35.1 Å². The molecule has 5 heteroatoms. The van der Waals surface area contributed by atoms with E-state index >= 15 is 0 Å². The molecule has 0 fully saturated rings. The van der Waals surface area contributed by atoms with Crippen molar-refractivity contribution >= 4 is 38.5 Å². The van der Waals surface area contributed by atoms with E-state index in [4.69, 9.17) is 4.74 Å². The highest BCUT2D eigenvalue weighted by molar-refractivity contribution is 14.1. The van der Waals surface area contributed by atoms with E-state index in [9.17, 15) is 0 Å². The predicted molar refractivity (Wildman–Crippen MR) is 73.7 cm³/mol. The zero-order chi connectivity index (χ0) is 11.5. The Morgan fingerprint density at radius 3 is 2.56 bits per heavy atom. The van der Waals surface area contributed by atoms with E-state index in [-0.39, 0.29) is 0 Å². The zero-order valence-electron chi connectivity index (χ0n) is 8.45. The lowest BCUT2D eigenvalue weighted by Gasteiger charge is -2.05. The smallest absolute Gasteiger partial charge is 0.321 e. The summed E-state index contributed by atoms with van der Waals surface area (Å²) in [4.78, 5) is 8.15. The van der Waals surface area contributed by atoms with Crippen molar-refractivity contribution in [2.24, 2.45) is 0 Å². The van der Waals surface area contributed by atoms with Crippen LogP contribution in [0.2, 0.25) is 0 Å². The van der Waals surface area contributed by atoms with Gasteiger partial charge in [0.1, 0.15) is 5.75 Å². The van der Waals surface area contributed by atoms with Gasteiger partial charge in [-0.25, -0.2) is 9.97 Å². The van der Waals surface area contributed by atoms with E-state index in [1.54, 1.807) is 12.4 Å². The van der Waals surface area contributed by atoms with Gasteiger partial charge >= 0.3 is 6.01 Å². The van der Waals surface area contributed by atoms with Crippen LogP contribution in [0.1, 0.15) is 5.56 Å². The first kappa shape index (κ1) is 11.8. The molecule has 0 N–H and O–H groups in total. The lowest BCUT2D eigenvalue weighted by Crippen LogP contribution is -1.92. The van der Waals surface area contributed by atoms with Crippen LogP contribution in [0.5, 0.6) is 11.8 Å². The van der Waals surface area contributed by atoms with Gasteiger partial charge in [0.05, 0.1) is 0 Å². The number of benzene rings is 1. The van der Waals surface area contributed by atoms with Crippen molar-refractivity contribution in [3.8, 4) is 11.8 Å². The van der Waals surface area contributed by atoms with Crippen LogP contribution < -0.4 is 4.74 Å². The average Bonchev–Trinajstić information content (AvgIpc) is 2.27. The fourth-order valence-electron chi connectivity index (χ4n) is 1.14. The number of hydrogen-bond donors (Lipinski definition) is 0. The monoisotopic (exact) mass is 390 g/mol.